The highest BCUT2D eigenvalue weighted by Crippen LogP contribution is 2.26. The van der Waals surface area contributed by atoms with Crippen LogP contribution >= 0.6 is 0 Å². The Labute approximate surface area is 106 Å². The Balaban J connectivity index is 2.25. The van der Waals surface area contributed by atoms with Gasteiger partial charge in [0.15, 0.2) is 5.82 Å². The molecule has 1 N–H and O–H groups in total. The van der Waals surface area contributed by atoms with Crippen molar-refractivity contribution in [3.05, 3.63) is 53.3 Å². The first-order valence-corrected chi connectivity index (χ1v) is 5.66. The van der Waals surface area contributed by atoms with Crippen molar-refractivity contribution < 1.29 is 13.2 Å². The third-order valence-electron chi connectivity index (χ3n) is 2.97. The van der Waals surface area contributed by atoms with Crippen LogP contribution in [-0.2, 0) is 0 Å². The van der Waals surface area contributed by atoms with Gasteiger partial charge < -0.3 is 4.98 Å². The molecule has 19 heavy (non-hydrogen) atoms. The van der Waals surface area contributed by atoms with Gasteiger partial charge in [-0.05, 0) is 30.7 Å². The van der Waals surface area contributed by atoms with Crippen molar-refractivity contribution in [1.82, 2.24) is 9.97 Å². The molecular weight excluding hydrogens is 253 g/mol. The minimum Gasteiger partial charge on any atom is -0.338 e. The number of hydrogen-bond acceptors (Lipinski definition) is 1. The number of benzene rings is 2. The fourth-order valence-electron chi connectivity index (χ4n) is 1.96. The first-order valence-electron chi connectivity index (χ1n) is 5.66. The summed E-state index contributed by atoms with van der Waals surface area (Å²) in [7, 11) is 0. The second-order valence-electron chi connectivity index (χ2n) is 4.30. The Bertz CT molecular complexity index is 778. The second-order valence-corrected chi connectivity index (χ2v) is 4.30. The summed E-state index contributed by atoms with van der Waals surface area (Å²) in [6.07, 6.45) is 0. The summed E-state index contributed by atoms with van der Waals surface area (Å²) in [5.74, 6) is -1.66. The van der Waals surface area contributed by atoms with Crippen molar-refractivity contribution in [2.24, 2.45) is 0 Å². The predicted octanol–water partition coefficient (Wildman–Crippen LogP) is 3.96. The van der Waals surface area contributed by atoms with Crippen LogP contribution in [0.2, 0.25) is 0 Å². The molecule has 1 aromatic heterocycles. The van der Waals surface area contributed by atoms with E-state index in [-0.39, 0.29) is 16.9 Å². The molecule has 0 saturated heterocycles. The first kappa shape index (κ1) is 11.8. The van der Waals surface area contributed by atoms with Crippen LogP contribution in [0.3, 0.4) is 0 Å². The van der Waals surface area contributed by atoms with Crippen LogP contribution in [0.4, 0.5) is 13.2 Å². The Morgan fingerprint density at radius 1 is 1.00 bits per heavy atom. The number of nitrogens with zero attached hydrogens (tertiary/aromatic N) is 1. The van der Waals surface area contributed by atoms with Crippen LogP contribution in [0.15, 0.2) is 30.3 Å². The molecule has 0 amide bonds. The molecule has 0 bridgehead atoms. The maximum Gasteiger partial charge on any atom is 0.151 e. The summed E-state index contributed by atoms with van der Waals surface area (Å²) < 4.78 is 40.5. The summed E-state index contributed by atoms with van der Waals surface area (Å²) in [4.78, 5) is 6.85. The number of hydrogen-bond donors (Lipinski definition) is 1. The normalized spacial score (nSPS) is 11.2. The highest BCUT2D eigenvalue weighted by Gasteiger charge is 2.14. The lowest BCUT2D eigenvalue weighted by molar-refractivity contribution is 0.579. The van der Waals surface area contributed by atoms with Gasteiger partial charge in [0.1, 0.15) is 23.0 Å². The van der Waals surface area contributed by atoms with Crippen molar-refractivity contribution in [1.29, 1.82) is 0 Å². The minimum atomic E-state index is -0.734. The SMILES string of the molecule is Cc1cc(-c2nc3c(F)cccc3[nH]2)c(F)cc1F. The molecule has 0 atom stereocenters. The van der Waals surface area contributed by atoms with Gasteiger partial charge in [-0.2, -0.15) is 0 Å². The number of para-hydroxylation sites is 1. The molecule has 2 aromatic carbocycles. The van der Waals surface area contributed by atoms with Gasteiger partial charge in [-0.3, -0.25) is 0 Å². The van der Waals surface area contributed by atoms with Gasteiger partial charge in [0.2, 0.25) is 0 Å². The van der Waals surface area contributed by atoms with E-state index < -0.39 is 17.5 Å². The number of aromatic nitrogens is 2. The van der Waals surface area contributed by atoms with Gasteiger partial charge in [-0.1, -0.05) is 6.07 Å². The molecule has 0 radical (unpaired) electrons. The minimum absolute atomic E-state index is 0.120. The molecule has 0 aliphatic rings. The van der Waals surface area contributed by atoms with Crippen LogP contribution < -0.4 is 0 Å². The Kier molecular flexibility index (Phi) is 2.55. The van der Waals surface area contributed by atoms with E-state index >= 15 is 0 Å². The van der Waals surface area contributed by atoms with Crippen molar-refractivity contribution >= 4 is 11.0 Å². The molecule has 0 fully saturated rings. The number of imidazole rings is 1. The molecule has 0 unspecified atom stereocenters. The average Bonchev–Trinajstić information content (AvgIpc) is 2.79. The standard InChI is InChI=1S/C14H9F3N2/c1-7-5-8(11(17)6-10(7)16)14-18-12-4-2-3-9(15)13(12)19-14/h2-6H,1H3,(H,18,19). The van der Waals surface area contributed by atoms with Crippen molar-refractivity contribution in [2.75, 3.05) is 0 Å². The van der Waals surface area contributed by atoms with E-state index in [0.717, 1.165) is 6.07 Å². The fraction of sp³-hybridized carbons (Fsp3) is 0.0714. The van der Waals surface area contributed by atoms with E-state index in [1.165, 1.54) is 25.1 Å². The van der Waals surface area contributed by atoms with Crippen LogP contribution in [-0.4, -0.2) is 9.97 Å². The molecule has 3 rings (SSSR count). The smallest absolute Gasteiger partial charge is 0.151 e. The molecule has 0 aliphatic heterocycles. The maximum absolute atomic E-state index is 13.8. The average molecular weight is 262 g/mol. The van der Waals surface area contributed by atoms with E-state index in [0.29, 0.717) is 11.1 Å². The zero-order chi connectivity index (χ0) is 13.6. The predicted molar refractivity (Wildman–Crippen MR) is 66.1 cm³/mol. The number of H-pyrrole nitrogens is 1. The van der Waals surface area contributed by atoms with Crippen LogP contribution in [0.1, 0.15) is 5.56 Å². The molecule has 0 spiro atoms. The molecule has 3 aromatic rings. The Morgan fingerprint density at radius 3 is 2.53 bits per heavy atom. The number of aromatic amines is 1. The Hall–Kier alpha value is -2.30. The van der Waals surface area contributed by atoms with Crippen LogP contribution in [0, 0.1) is 24.4 Å². The summed E-state index contributed by atoms with van der Waals surface area (Å²) >= 11 is 0. The number of nitrogens with one attached hydrogen (secondary N) is 1. The van der Waals surface area contributed by atoms with E-state index in [2.05, 4.69) is 9.97 Å². The van der Waals surface area contributed by atoms with E-state index in [9.17, 15) is 13.2 Å². The number of fused-ring (bicyclic) bond motifs is 1. The molecule has 2 nitrogen and oxygen atoms in total. The molecule has 5 heteroatoms. The largest absolute Gasteiger partial charge is 0.338 e. The van der Waals surface area contributed by atoms with Crippen LogP contribution in [0.5, 0.6) is 0 Å². The topological polar surface area (TPSA) is 28.7 Å². The number of rotatable bonds is 1. The number of aryl methyl sites for hydroxylation is 1. The lowest BCUT2D eigenvalue weighted by Crippen LogP contribution is -1.91. The highest BCUT2D eigenvalue weighted by molar-refractivity contribution is 5.80. The van der Waals surface area contributed by atoms with Gasteiger partial charge in [0, 0.05) is 6.07 Å². The summed E-state index contributed by atoms with van der Waals surface area (Å²) in [5, 5.41) is 0. The zero-order valence-corrected chi connectivity index (χ0v) is 9.97. The summed E-state index contributed by atoms with van der Waals surface area (Å²) in [6, 6.07) is 6.60. The van der Waals surface area contributed by atoms with Crippen molar-refractivity contribution in [3.63, 3.8) is 0 Å². The molecule has 0 aliphatic carbocycles. The van der Waals surface area contributed by atoms with Gasteiger partial charge in [0.25, 0.3) is 0 Å². The van der Waals surface area contributed by atoms with Crippen molar-refractivity contribution in [3.8, 4) is 11.4 Å². The summed E-state index contributed by atoms with van der Waals surface area (Å²) in [6.45, 7) is 1.53. The third kappa shape index (κ3) is 1.87. The van der Waals surface area contributed by atoms with E-state index in [1.54, 1.807) is 6.07 Å². The molecule has 1 heterocycles. The van der Waals surface area contributed by atoms with E-state index in [4.69, 9.17) is 0 Å². The lowest BCUT2D eigenvalue weighted by atomic mass is 10.1. The van der Waals surface area contributed by atoms with Crippen LogP contribution in [0.25, 0.3) is 22.4 Å². The van der Waals surface area contributed by atoms with Gasteiger partial charge >= 0.3 is 0 Å². The number of halogens is 3. The van der Waals surface area contributed by atoms with Gasteiger partial charge in [-0.25, -0.2) is 18.2 Å². The highest BCUT2D eigenvalue weighted by atomic mass is 19.1. The van der Waals surface area contributed by atoms with Gasteiger partial charge in [0.05, 0.1) is 11.1 Å². The summed E-state index contributed by atoms with van der Waals surface area (Å²) in [5.41, 5.74) is 1.03. The lowest BCUT2D eigenvalue weighted by Gasteiger charge is -2.02. The van der Waals surface area contributed by atoms with E-state index in [1.807, 2.05) is 0 Å². The van der Waals surface area contributed by atoms with Crippen molar-refractivity contribution in [2.45, 2.75) is 6.92 Å². The van der Waals surface area contributed by atoms with Gasteiger partial charge in [-0.15, -0.1) is 0 Å². The third-order valence-corrected chi connectivity index (χ3v) is 2.97. The fourth-order valence-corrected chi connectivity index (χ4v) is 1.96. The maximum atomic E-state index is 13.8. The molecular formula is C14H9F3N2. The second kappa shape index (κ2) is 4.12. The zero-order valence-electron chi connectivity index (χ0n) is 9.97. The Morgan fingerprint density at radius 2 is 1.79 bits per heavy atom. The molecule has 96 valence electrons. The molecule has 0 saturated carbocycles. The quantitative estimate of drug-likeness (QED) is 0.706. The monoisotopic (exact) mass is 262 g/mol. The first-order chi connectivity index (χ1) is 9.06.